The predicted molar refractivity (Wildman–Crippen MR) is 56.6 cm³/mol. The second kappa shape index (κ2) is 8.55. The molecule has 1 amide bonds. The molecule has 0 aromatic heterocycles. The third kappa shape index (κ3) is 6.47. The lowest BCUT2D eigenvalue weighted by Crippen LogP contribution is -2.33. The van der Waals surface area contributed by atoms with Gasteiger partial charge in [0.25, 0.3) is 0 Å². The minimum absolute atomic E-state index is 0.0125. The molecule has 0 aromatic carbocycles. The van der Waals surface area contributed by atoms with E-state index in [-0.39, 0.29) is 11.9 Å². The van der Waals surface area contributed by atoms with E-state index in [9.17, 15) is 4.79 Å². The number of carbonyl (C=O) groups excluding carboxylic acids is 1. The molecular weight excluding hydrogens is 176 g/mol. The summed E-state index contributed by atoms with van der Waals surface area (Å²) in [4.78, 5) is 11.3. The Hall–Kier alpha value is -1.04. The van der Waals surface area contributed by atoms with Gasteiger partial charge in [-0.2, -0.15) is 5.26 Å². The molecule has 1 N–H and O–H groups in total. The lowest BCUT2D eigenvalue weighted by molar-refractivity contribution is -0.121. The number of unbranched alkanes of at least 4 members (excludes halogenated alkanes) is 2. The molecule has 14 heavy (non-hydrogen) atoms. The molecular formula is C11H20N2O. The first-order valence-electron chi connectivity index (χ1n) is 5.43. The van der Waals surface area contributed by atoms with Crippen molar-refractivity contribution >= 4 is 5.91 Å². The number of hydrogen-bond donors (Lipinski definition) is 1. The van der Waals surface area contributed by atoms with Crippen molar-refractivity contribution in [2.45, 2.75) is 58.4 Å². The van der Waals surface area contributed by atoms with Crippen LogP contribution >= 0.6 is 0 Å². The first kappa shape index (κ1) is 13.0. The minimum atomic E-state index is -0.297. The number of nitriles is 1. The molecule has 0 fully saturated rings. The van der Waals surface area contributed by atoms with Gasteiger partial charge in [-0.3, -0.25) is 4.79 Å². The molecule has 0 spiro atoms. The molecule has 1 unspecified atom stereocenters. The van der Waals surface area contributed by atoms with Gasteiger partial charge in [0, 0.05) is 6.42 Å². The average molecular weight is 196 g/mol. The monoisotopic (exact) mass is 196 g/mol. The van der Waals surface area contributed by atoms with Gasteiger partial charge in [0.15, 0.2) is 0 Å². The fourth-order valence-electron chi connectivity index (χ4n) is 1.26. The van der Waals surface area contributed by atoms with E-state index in [4.69, 9.17) is 5.26 Å². The number of rotatable bonds is 7. The highest BCUT2D eigenvalue weighted by atomic mass is 16.1. The largest absolute Gasteiger partial charge is 0.340 e. The minimum Gasteiger partial charge on any atom is -0.340 e. The van der Waals surface area contributed by atoms with Crippen molar-refractivity contribution in [3.8, 4) is 6.07 Å². The van der Waals surface area contributed by atoms with E-state index in [0.717, 1.165) is 32.1 Å². The molecule has 0 aliphatic carbocycles. The van der Waals surface area contributed by atoms with Crippen LogP contribution in [0.3, 0.4) is 0 Å². The summed E-state index contributed by atoms with van der Waals surface area (Å²) in [6.07, 6.45) is 5.34. The Morgan fingerprint density at radius 3 is 2.57 bits per heavy atom. The summed E-state index contributed by atoms with van der Waals surface area (Å²) in [5.41, 5.74) is 0. The van der Waals surface area contributed by atoms with Gasteiger partial charge in [-0.25, -0.2) is 0 Å². The SMILES string of the molecule is CCCCCC(=O)NC(C#N)CCC. The predicted octanol–water partition coefficient (Wildman–Crippen LogP) is 2.38. The third-order valence-corrected chi connectivity index (χ3v) is 2.08. The maximum atomic E-state index is 11.3. The maximum absolute atomic E-state index is 11.3. The Kier molecular flexibility index (Phi) is 7.92. The molecule has 3 heteroatoms. The molecule has 3 nitrogen and oxygen atoms in total. The van der Waals surface area contributed by atoms with Crippen molar-refractivity contribution in [2.75, 3.05) is 0 Å². The van der Waals surface area contributed by atoms with Gasteiger partial charge in [-0.15, -0.1) is 0 Å². The van der Waals surface area contributed by atoms with Crippen LogP contribution in [-0.2, 0) is 4.79 Å². The number of carbonyl (C=O) groups is 1. The van der Waals surface area contributed by atoms with Crippen LogP contribution in [0, 0.1) is 11.3 Å². The van der Waals surface area contributed by atoms with E-state index >= 15 is 0 Å². The van der Waals surface area contributed by atoms with Gasteiger partial charge in [0.2, 0.25) is 5.91 Å². The highest BCUT2D eigenvalue weighted by molar-refractivity contribution is 5.76. The Morgan fingerprint density at radius 2 is 2.07 bits per heavy atom. The van der Waals surface area contributed by atoms with E-state index in [1.165, 1.54) is 0 Å². The van der Waals surface area contributed by atoms with Crippen LogP contribution < -0.4 is 5.32 Å². The molecule has 0 radical (unpaired) electrons. The van der Waals surface area contributed by atoms with Crippen LogP contribution in [0.4, 0.5) is 0 Å². The summed E-state index contributed by atoms with van der Waals surface area (Å²) in [7, 11) is 0. The number of hydrogen-bond acceptors (Lipinski definition) is 2. The zero-order valence-corrected chi connectivity index (χ0v) is 9.18. The van der Waals surface area contributed by atoms with Crippen molar-refractivity contribution in [1.82, 2.24) is 5.32 Å². The molecule has 80 valence electrons. The molecule has 0 aliphatic rings. The Bertz CT molecular complexity index is 196. The normalized spacial score (nSPS) is 11.8. The molecule has 0 rings (SSSR count). The van der Waals surface area contributed by atoms with Gasteiger partial charge >= 0.3 is 0 Å². The van der Waals surface area contributed by atoms with E-state index in [1.54, 1.807) is 0 Å². The average Bonchev–Trinajstić information content (AvgIpc) is 2.17. The van der Waals surface area contributed by atoms with Crippen LogP contribution in [-0.4, -0.2) is 11.9 Å². The highest BCUT2D eigenvalue weighted by Gasteiger charge is 2.09. The first-order chi connectivity index (χ1) is 6.74. The highest BCUT2D eigenvalue weighted by Crippen LogP contribution is 2.00. The zero-order valence-electron chi connectivity index (χ0n) is 9.18. The van der Waals surface area contributed by atoms with Crippen molar-refractivity contribution < 1.29 is 4.79 Å². The molecule has 0 aromatic rings. The smallest absolute Gasteiger partial charge is 0.221 e. The fraction of sp³-hybridized carbons (Fsp3) is 0.818. The summed E-state index contributed by atoms with van der Waals surface area (Å²) in [6.45, 7) is 4.11. The van der Waals surface area contributed by atoms with Gasteiger partial charge in [0.1, 0.15) is 6.04 Å². The molecule has 0 heterocycles. The number of nitrogens with zero attached hydrogens (tertiary/aromatic N) is 1. The van der Waals surface area contributed by atoms with E-state index in [2.05, 4.69) is 18.3 Å². The summed E-state index contributed by atoms with van der Waals surface area (Å²) < 4.78 is 0. The lowest BCUT2D eigenvalue weighted by atomic mass is 10.1. The van der Waals surface area contributed by atoms with Crippen molar-refractivity contribution in [3.05, 3.63) is 0 Å². The summed E-state index contributed by atoms with van der Waals surface area (Å²) in [5.74, 6) is 0.0125. The number of amides is 1. The molecule has 0 aliphatic heterocycles. The van der Waals surface area contributed by atoms with E-state index in [1.807, 2.05) is 6.92 Å². The van der Waals surface area contributed by atoms with Crippen molar-refractivity contribution in [2.24, 2.45) is 0 Å². The Balaban J connectivity index is 3.63. The van der Waals surface area contributed by atoms with Gasteiger partial charge in [0.05, 0.1) is 6.07 Å². The second-order valence-electron chi connectivity index (χ2n) is 3.49. The van der Waals surface area contributed by atoms with Gasteiger partial charge in [-0.1, -0.05) is 33.1 Å². The lowest BCUT2D eigenvalue weighted by Gasteiger charge is -2.09. The van der Waals surface area contributed by atoms with E-state index in [0.29, 0.717) is 6.42 Å². The van der Waals surface area contributed by atoms with Crippen LogP contribution in [0.25, 0.3) is 0 Å². The third-order valence-electron chi connectivity index (χ3n) is 2.08. The van der Waals surface area contributed by atoms with Crippen LogP contribution in [0.15, 0.2) is 0 Å². The number of nitrogens with one attached hydrogen (secondary N) is 1. The Labute approximate surface area is 86.5 Å². The van der Waals surface area contributed by atoms with E-state index < -0.39 is 0 Å². The van der Waals surface area contributed by atoms with Crippen LogP contribution in [0.2, 0.25) is 0 Å². The van der Waals surface area contributed by atoms with Crippen LogP contribution in [0.1, 0.15) is 52.4 Å². The van der Waals surface area contributed by atoms with Gasteiger partial charge < -0.3 is 5.32 Å². The molecule has 1 atom stereocenters. The topological polar surface area (TPSA) is 52.9 Å². The van der Waals surface area contributed by atoms with Crippen molar-refractivity contribution in [3.63, 3.8) is 0 Å². The molecule has 0 saturated carbocycles. The summed E-state index contributed by atoms with van der Waals surface area (Å²) in [6, 6.07) is 1.80. The Morgan fingerprint density at radius 1 is 1.36 bits per heavy atom. The quantitative estimate of drug-likeness (QED) is 0.635. The zero-order chi connectivity index (χ0) is 10.8. The summed E-state index contributed by atoms with van der Waals surface area (Å²) >= 11 is 0. The second-order valence-corrected chi connectivity index (χ2v) is 3.49. The summed E-state index contributed by atoms with van der Waals surface area (Å²) in [5, 5.41) is 11.4. The standard InChI is InChI=1S/C11H20N2O/c1-3-5-6-8-11(14)13-10(9-12)7-4-2/h10H,3-8H2,1-2H3,(H,13,14). The first-order valence-corrected chi connectivity index (χ1v) is 5.43. The fourth-order valence-corrected chi connectivity index (χ4v) is 1.26. The van der Waals surface area contributed by atoms with Gasteiger partial charge in [-0.05, 0) is 12.8 Å². The van der Waals surface area contributed by atoms with Crippen LogP contribution in [0.5, 0.6) is 0 Å². The molecule has 0 saturated heterocycles. The maximum Gasteiger partial charge on any atom is 0.221 e. The molecule has 0 bridgehead atoms. The van der Waals surface area contributed by atoms with Crippen molar-refractivity contribution in [1.29, 1.82) is 5.26 Å².